The summed E-state index contributed by atoms with van der Waals surface area (Å²) in [5.74, 6) is 1.52. The van der Waals surface area contributed by atoms with E-state index in [-0.39, 0.29) is 6.04 Å². The minimum atomic E-state index is 0.220. The van der Waals surface area contributed by atoms with E-state index in [9.17, 15) is 0 Å². The van der Waals surface area contributed by atoms with E-state index >= 15 is 0 Å². The fraction of sp³-hybridized carbons (Fsp3) is 0.467. The van der Waals surface area contributed by atoms with Crippen LogP contribution in [-0.2, 0) is 13.1 Å². The van der Waals surface area contributed by atoms with Crippen LogP contribution in [0, 0.1) is 5.92 Å². The lowest BCUT2D eigenvalue weighted by Gasteiger charge is -2.15. The Morgan fingerprint density at radius 1 is 1.30 bits per heavy atom. The quantitative estimate of drug-likeness (QED) is 0.887. The van der Waals surface area contributed by atoms with Crippen LogP contribution in [0.3, 0.4) is 0 Å². The van der Waals surface area contributed by atoms with Crippen molar-refractivity contribution in [2.24, 2.45) is 5.92 Å². The highest BCUT2D eigenvalue weighted by molar-refractivity contribution is 6.30. The second-order valence-corrected chi connectivity index (χ2v) is 5.85. The lowest BCUT2D eigenvalue weighted by Crippen LogP contribution is -2.22. The molecular weight excluding hydrogens is 272 g/mol. The van der Waals surface area contributed by atoms with Gasteiger partial charge in [-0.1, -0.05) is 37.6 Å². The highest BCUT2D eigenvalue weighted by Crippen LogP contribution is 2.17. The Morgan fingerprint density at radius 3 is 2.80 bits per heavy atom. The van der Waals surface area contributed by atoms with Crippen molar-refractivity contribution in [2.45, 2.75) is 39.9 Å². The molecule has 0 aliphatic heterocycles. The van der Waals surface area contributed by atoms with Gasteiger partial charge in [0.05, 0.1) is 6.54 Å². The van der Waals surface area contributed by atoms with Crippen LogP contribution >= 0.6 is 11.6 Å². The molecule has 1 atom stereocenters. The van der Waals surface area contributed by atoms with Gasteiger partial charge in [-0.2, -0.15) is 5.10 Å². The zero-order valence-corrected chi connectivity index (χ0v) is 12.9. The van der Waals surface area contributed by atoms with Crippen molar-refractivity contribution in [1.29, 1.82) is 0 Å². The van der Waals surface area contributed by atoms with Crippen molar-refractivity contribution >= 4 is 11.6 Å². The van der Waals surface area contributed by atoms with Gasteiger partial charge in [0.15, 0.2) is 0 Å². The van der Waals surface area contributed by atoms with Crippen LogP contribution in [0.1, 0.15) is 38.2 Å². The first-order valence-corrected chi connectivity index (χ1v) is 7.29. The molecule has 108 valence electrons. The molecule has 0 aliphatic carbocycles. The van der Waals surface area contributed by atoms with E-state index < -0.39 is 0 Å². The largest absolute Gasteiger partial charge is 0.303 e. The van der Waals surface area contributed by atoms with E-state index in [4.69, 9.17) is 11.6 Å². The molecule has 1 aromatic heterocycles. The van der Waals surface area contributed by atoms with Crippen molar-refractivity contribution in [3.63, 3.8) is 0 Å². The molecule has 1 aromatic carbocycles. The first-order valence-electron chi connectivity index (χ1n) is 6.91. The lowest BCUT2D eigenvalue weighted by atomic mass is 10.1. The first kappa shape index (κ1) is 15.0. The van der Waals surface area contributed by atoms with Crippen molar-refractivity contribution < 1.29 is 0 Å². The molecule has 0 aliphatic rings. The van der Waals surface area contributed by atoms with Crippen LogP contribution in [-0.4, -0.2) is 14.8 Å². The maximum atomic E-state index is 6.02. The fourth-order valence-corrected chi connectivity index (χ4v) is 2.26. The predicted molar refractivity (Wildman–Crippen MR) is 81.6 cm³/mol. The van der Waals surface area contributed by atoms with Gasteiger partial charge in [0.1, 0.15) is 12.2 Å². The van der Waals surface area contributed by atoms with Crippen molar-refractivity contribution in [3.05, 3.63) is 47.0 Å². The van der Waals surface area contributed by atoms with Gasteiger partial charge in [-0.3, -0.25) is 0 Å². The van der Waals surface area contributed by atoms with Crippen molar-refractivity contribution in [2.75, 3.05) is 0 Å². The molecule has 0 saturated carbocycles. The first-order chi connectivity index (χ1) is 9.56. The van der Waals surface area contributed by atoms with Crippen LogP contribution in [0.5, 0.6) is 0 Å². The summed E-state index contributed by atoms with van der Waals surface area (Å²) >= 11 is 6.02. The molecule has 0 amide bonds. The Bertz CT molecular complexity index is 550. The van der Waals surface area contributed by atoms with Crippen molar-refractivity contribution in [3.8, 4) is 0 Å². The molecule has 0 radical (unpaired) electrons. The van der Waals surface area contributed by atoms with E-state index in [0.29, 0.717) is 12.5 Å². The van der Waals surface area contributed by atoms with E-state index in [1.54, 1.807) is 6.33 Å². The molecular formula is C15H21ClN4. The summed E-state index contributed by atoms with van der Waals surface area (Å²) < 4.78 is 1.96. The van der Waals surface area contributed by atoms with Gasteiger partial charge in [0.25, 0.3) is 0 Å². The Kier molecular flexibility index (Phi) is 5.15. The minimum absolute atomic E-state index is 0.220. The fourth-order valence-electron chi connectivity index (χ4n) is 2.06. The third-order valence-electron chi connectivity index (χ3n) is 3.15. The number of halogens is 1. The van der Waals surface area contributed by atoms with Gasteiger partial charge in [-0.25, -0.2) is 9.67 Å². The van der Waals surface area contributed by atoms with Gasteiger partial charge in [-0.15, -0.1) is 0 Å². The number of nitrogens with zero attached hydrogens (tertiary/aromatic N) is 3. The number of aromatic nitrogens is 3. The Labute approximate surface area is 125 Å². The molecule has 0 fully saturated rings. The zero-order valence-electron chi connectivity index (χ0n) is 12.2. The second-order valence-electron chi connectivity index (χ2n) is 5.41. The normalized spacial score (nSPS) is 12.8. The van der Waals surface area contributed by atoms with Crippen LogP contribution in [0.25, 0.3) is 0 Å². The van der Waals surface area contributed by atoms with Gasteiger partial charge >= 0.3 is 0 Å². The standard InChI is InChI=1S/C15H21ClN4/c1-11(2)9-20-15(18-10-19-20)8-17-12(3)13-5-4-6-14(16)7-13/h4-7,10-12,17H,8-9H2,1-3H3. The van der Waals surface area contributed by atoms with E-state index in [2.05, 4.69) is 42.2 Å². The van der Waals surface area contributed by atoms with Crippen LogP contribution < -0.4 is 5.32 Å². The molecule has 1 N–H and O–H groups in total. The Hall–Kier alpha value is -1.39. The third-order valence-corrected chi connectivity index (χ3v) is 3.38. The highest BCUT2D eigenvalue weighted by Gasteiger charge is 2.09. The van der Waals surface area contributed by atoms with Gasteiger partial charge in [-0.05, 0) is 30.5 Å². The zero-order chi connectivity index (χ0) is 14.5. The predicted octanol–water partition coefficient (Wildman–Crippen LogP) is 3.44. The summed E-state index contributed by atoms with van der Waals surface area (Å²) in [6.45, 7) is 8.05. The molecule has 0 spiro atoms. The highest BCUT2D eigenvalue weighted by atomic mass is 35.5. The molecule has 2 aromatic rings. The van der Waals surface area contributed by atoms with Crippen LogP contribution in [0.4, 0.5) is 0 Å². The van der Waals surface area contributed by atoms with E-state index in [1.165, 1.54) is 5.56 Å². The van der Waals surface area contributed by atoms with Crippen LogP contribution in [0.15, 0.2) is 30.6 Å². The SMILES string of the molecule is CC(C)Cn1ncnc1CNC(C)c1cccc(Cl)c1. The number of nitrogens with one attached hydrogen (secondary N) is 1. The van der Waals surface area contributed by atoms with E-state index in [0.717, 1.165) is 17.4 Å². The average molecular weight is 293 g/mol. The summed E-state index contributed by atoms with van der Waals surface area (Å²) in [7, 11) is 0. The lowest BCUT2D eigenvalue weighted by molar-refractivity contribution is 0.449. The summed E-state index contributed by atoms with van der Waals surface area (Å²) in [5, 5.41) is 8.49. The summed E-state index contributed by atoms with van der Waals surface area (Å²) in [4.78, 5) is 4.32. The second kappa shape index (κ2) is 6.86. The van der Waals surface area contributed by atoms with E-state index in [1.807, 2.05) is 22.9 Å². The van der Waals surface area contributed by atoms with Crippen molar-refractivity contribution in [1.82, 2.24) is 20.1 Å². The van der Waals surface area contributed by atoms with Gasteiger partial charge < -0.3 is 5.32 Å². The topological polar surface area (TPSA) is 42.7 Å². The summed E-state index contributed by atoms with van der Waals surface area (Å²) in [6.07, 6.45) is 1.61. The number of benzene rings is 1. The number of hydrogen-bond acceptors (Lipinski definition) is 3. The number of hydrogen-bond donors (Lipinski definition) is 1. The molecule has 4 nitrogen and oxygen atoms in total. The van der Waals surface area contributed by atoms with Gasteiger partial charge in [0.2, 0.25) is 0 Å². The molecule has 1 unspecified atom stereocenters. The summed E-state index contributed by atoms with van der Waals surface area (Å²) in [5.41, 5.74) is 1.17. The van der Waals surface area contributed by atoms with Gasteiger partial charge in [0, 0.05) is 17.6 Å². The molecule has 0 saturated heterocycles. The average Bonchev–Trinajstić information content (AvgIpc) is 2.82. The molecule has 20 heavy (non-hydrogen) atoms. The Morgan fingerprint density at radius 2 is 2.10 bits per heavy atom. The number of rotatable bonds is 6. The third kappa shape index (κ3) is 4.05. The molecule has 5 heteroatoms. The Balaban J connectivity index is 1.97. The smallest absolute Gasteiger partial charge is 0.140 e. The maximum Gasteiger partial charge on any atom is 0.140 e. The van der Waals surface area contributed by atoms with Crippen LogP contribution in [0.2, 0.25) is 5.02 Å². The molecule has 0 bridgehead atoms. The summed E-state index contributed by atoms with van der Waals surface area (Å²) in [6, 6.07) is 8.13. The molecule has 2 rings (SSSR count). The monoisotopic (exact) mass is 292 g/mol. The molecule has 1 heterocycles. The minimum Gasteiger partial charge on any atom is -0.303 e. The maximum absolute atomic E-state index is 6.02.